The fourth-order valence-corrected chi connectivity index (χ4v) is 2.26. The number of rotatable bonds is 4. The van der Waals surface area contributed by atoms with Crippen LogP contribution in [0.3, 0.4) is 0 Å². The van der Waals surface area contributed by atoms with E-state index in [4.69, 9.17) is 0 Å². The molecule has 0 unspecified atom stereocenters. The Labute approximate surface area is 136 Å². The van der Waals surface area contributed by atoms with E-state index < -0.39 is 41.2 Å². The molecule has 0 bridgehead atoms. The summed E-state index contributed by atoms with van der Waals surface area (Å²) in [4.78, 5) is 11.4. The summed E-state index contributed by atoms with van der Waals surface area (Å²) in [6.45, 7) is 1.36. The Bertz CT molecular complexity index is 653. The number of nitrogens with one attached hydrogen (secondary N) is 1. The smallest absolute Gasteiger partial charge is 0.395 e. The van der Waals surface area contributed by atoms with Crippen molar-refractivity contribution in [3.05, 3.63) is 35.3 Å². The van der Waals surface area contributed by atoms with Crippen LogP contribution in [-0.2, 0) is 4.79 Å². The minimum atomic E-state index is -4.93. The zero-order valence-corrected chi connectivity index (χ0v) is 12.8. The number of hydrogen-bond acceptors (Lipinski definition) is 3. The molecule has 1 aromatic rings. The lowest BCUT2D eigenvalue weighted by atomic mass is 10.2. The largest absolute Gasteiger partial charge is 0.430 e. The molecule has 24 heavy (non-hydrogen) atoms. The molecular formula is C13H11F7N2OS. The second-order valence-corrected chi connectivity index (χ2v) is 5.61. The maximum absolute atomic E-state index is 13.7. The van der Waals surface area contributed by atoms with Gasteiger partial charge in [-0.2, -0.15) is 26.3 Å². The van der Waals surface area contributed by atoms with Gasteiger partial charge in [-0.25, -0.2) is 4.39 Å². The molecule has 0 aliphatic heterocycles. The van der Waals surface area contributed by atoms with Gasteiger partial charge in [0.25, 0.3) is 5.91 Å². The molecule has 0 saturated carbocycles. The van der Waals surface area contributed by atoms with Gasteiger partial charge in [-0.1, -0.05) is 0 Å². The Balaban J connectivity index is 2.98. The van der Waals surface area contributed by atoms with Crippen LogP contribution >= 0.6 is 11.8 Å². The van der Waals surface area contributed by atoms with Crippen LogP contribution in [0.1, 0.15) is 5.56 Å². The van der Waals surface area contributed by atoms with Crippen molar-refractivity contribution in [2.75, 3.05) is 11.1 Å². The quantitative estimate of drug-likeness (QED) is 0.472. The SMILES string of the molecule is Cc1cc(F)c(NC(=O)/C=C(\N)C(F)(F)F)cc1SCC(F)(F)F. The summed E-state index contributed by atoms with van der Waals surface area (Å²) in [5.41, 5.74) is 2.58. The molecule has 0 aromatic heterocycles. The number of nitrogens with two attached hydrogens (primary N) is 1. The molecular weight excluding hydrogens is 365 g/mol. The van der Waals surface area contributed by atoms with Crippen molar-refractivity contribution in [1.82, 2.24) is 0 Å². The Hall–Kier alpha value is -1.91. The number of anilines is 1. The van der Waals surface area contributed by atoms with Gasteiger partial charge in [0, 0.05) is 11.0 Å². The van der Waals surface area contributed by atoms with Gasteiger partial charge in [-0.15, -0.1) is 11.8 Å². The predicted molar refractivity (Wildman–Crippen MR) is 74.9 cm³/mol. The van der Waals surface area contributed by atoms with Crippen LogP contribution in [0.25, 0.3) is 0 Å². The van der Waals surface area contributed by atoms with E-state index in [1.165, 1.54) is 6.92 Å². The average Bonchev–Trinajstić information content (AvgIpc) is 2.38. The first kappa shape index (κ1) is 20.1. The van der Waals surface area contributed by atoms with Gasteiger partial charge in [0.05, 0.1) is 11.4 Å². The zero-order chi connectivity index (χ0) is 18.7. The van der Waals surface area contributed by atoms with Gasteiger partial charge in [0.1, 0.15) is 11.5 Å². The van der Waals surface area contributed by atoms with E-state index in [-0.39, 0.29) is 16.5 Å². The third-order valence-corrected chi connectivity index (χ3v) is 3.75. The second kappa shape index (κ2) is 7.32. The van der Waals surface area contributed by atoms with E-state index in [2.05, 4.69) is 5.73 Å². The number of alkyl halides is 6. The molecule has 1 rings (SSSR count). The topological polar surface area (TPSA) is 55.1 Å². The number of allylic oxidation sites excluding steroid dienone is 1. The van der Waals surface area contributed by atoms with Crippen molar-refractivity contribution in [2.24, 2.45) is 5.73 Å². The van der Waals surface area contributed by atoms with Crippen LogP contribution < -0.4 is 11.1 Å². The number of halogens is 7. The normalized spacial score (nSPS) is 13.1. The zero-order valence-electron chi connectivity index (χ0n) is 12.0. The maximum Gasteiger partial charge on any atom is 0.430 e. The minimum Gasteiger partial charge on any atom is -0.395 e. The van der Waals surface area contributed by atoms with E-state index >= 15 is 0 Å². The predicted octanol–water partition coefficient (Wildman–Crippen LogP) is 4.13. The van der Waals surface area contributed by atoms with Gasteiger partial charge >= 0.3 is 12.4 Å². The molecule has 1 amide bonds. The molecule has 3 N–H and O–H groups in total. The first-order chi connectivity index (χ1) is 10.8. The van der Waals surface area contributed by atoms with Crippen LogP contribution in [0.4, 0.5) is 36.4 Å². The third-order valence-electron chi connectivity index (χ3n) is 2.53. The van der Waals surface area contributed by atoms with Gasteiger partial charge in [-0.3, -0.25) is 4.79 Å². The molecule has 0 atom stereocenters. The van der Waals surface area contributed by atoms with Crippen LogP contribution in [0, 0.1) is 12.7 Å². The second-order valence-electron chi connectivity index (χ2n) is 4.59. The standard InChI is InChI=1S/C13H11F7N2OS/c1-6-2-7(14)8(3-9(6)24-5-12(15,16)17)22-11(23)4-10(21)13(18,19)20/h2-4H,5,21H2,1H3,(H,22,23)/b10-4-. The molecule has 0 radical (unpaired) electrons. The Kier molecular flexibility index (Phi) is 6.15. The first-order valence-electron chi connectivity index (χ1n) is 6.14. The monoisotopic (exact) mass is 376 g/mol. The fraction of sp³-hybridized carbons (Fsp3) is 0.308. The van der Waals surface area contributed by atoms with Crippen LogP contribution in [0.2, 0.25) is 0 Å². The van der Waals surface area contributed by atoms with Crippen molar-refractivity contribution >= 4 is 23.4 Å². The summed E-state index contributed by atoms with van der Waals surface area (Å²) in [5.74, 6) is -3.61. The van der Waals surface area contributed by atoms with Crippen molar-refractivity contribution in [3.63, 3.8) is 0 Å². The Morgan fingerprint density at radius 3 is 2.33 bits per heavy atom. The van der Waals surface area contributed by atoms with Gasteiger partial charge in [0.15, 0.2) is 0 Å². The highest BCUT2D eigenvalue weighted by molar-refractivity contribution is 7.99. The molecule has 0 saturated heterocycles. The maximum atomic E-state index is 13.7. The summed E-state index contributed by atoms with van der Waals surface area (Å²) in [7, 11) is 0. The molecule has 0 spiro atoms. The summed E-state index contributed by atoms with van der Waals surface area (Å²) in [6, 6.07) is 1.78. The number of aryl methyl sites for hydroxylation is 1. The van der Waals surface area contributed by atoms with Crippen molar-refractivity contribution < 1.29 is 35.5 Å². The average molecular weight is 376 g/mol. The van der Waals surface area contributed by atoms with E-state index in [1.807, 2.05) is 5.32 Å². The molecule has 3 nitrogen and oxygen atoms in total. The van der Waals surface area contributed by atoms with Crippen molar-refractivity contribution in [2.45, 2.75) is 24.2 Å². The van der Waals surface area contributed by atoms with Crippen molar-refractivity contribution in [1.29, 1.82) is 0 Å². The van der Waals surface area contributed by atoms with Gasteiger partial charge < -0.3 is 11.1 Å². The molecule has 1 aromatic carbocycles. The number of carbonyl (C=O) groups excluding carboxylic acids is 1. The minimum absolute atomic E-state index is 0.0157. The highest BCUT2D eigenvalue weighted by atomic mass is 32.2. The van der Waals surface area contributed by atoms with Crippen molar-refractivity contribution in [3.8, 4) is 0 Å². The number of benzene rings is 1. The Morgan fingerprint density at radius 2 is 1.83 bits per heavy atom. The van der Waals surface area contributed by atoms with E-state index in [1.54, 1.807) is 0 Å². The molecule has 0 fully saturated rings. The van der Waals surface area contributed by atoms with Crippen LogP contribution in [-0.4, -0.2) is 24.0 Å². The number of thioether (sulfide) groups is 1. The lowest BCUT2D eigenvalue weighted by Gasteiger charge is -2.12. The molecule has 11 heteroatoms. The molecule has 134 valence electrons. The molecule has 0 aliphatic rings. The van der Waals surface area contributed by atoms with E-state index in [0.29, 0.717) is 11.8 Å². The van der Waals surface area contributed by atoms with Gasteiger partial charge in [0.2, 0.25) is 0 Å². The van der Waals surface area contributed by atoms with E-state index in [0.717, 1.165) is 12.1 Å². The van der Waals surface area contributed by atoms with E-state index in [9.17, 15) is 35.5 Å². The highest BCUT2D eigenvalue weighted by Crippen LogP contribution is 2.32. The van der Waals surface area contributed by atoms with Crippen LogP contribution in [0.15, 0.2) is 28.8 Å². The number of carbonyl (C=O) groups is 1. The lowest BCUT2D eigenvalue weighted by Crippen LogP contribution is -2.22. The summed E-state index contributed by atoms with van der Waals surface area (Å²) < 4.78 is 87.0. The lowest BCUT2D eigenvalue weighted by molar-refractivity contribution is -0.113. The Morgan fingerprint density at radius 1 is 1.25 bits per heavy atom. The number of hydrogen-bond donors (Lipinski definition) is 2. The van der Waals surface area contributed by atoms with Crippen LogP contribution in [0.5, 0.6) is 0 Å². The molecule has 0 heterocycles. The molecule has 0 aliphatic carbocycles. The van der Waals surface area contributed by atoms with Gasteiger partial charge in [-0.05, 0) is 24.6 Å². The summed E-state index contributed by atoms with van der Waals surface area (Å²) >= 11 is 0.359. The number of amides is 1. The highest BCUT2D eigenvalue weighted by Gasteiger charge is 2.32. The summed E-state index contributed by atoms with van der Waals surface area (Å²) in [6.07, 6.45) is -9.38. The fourth-order valence-electron chi connectivity index (χ4n) is 1.46. The summed E-state index contributed by atoms with van der Waals surface area (Å²) in [5, 5.41) is 1.81. The third kappa shape index (κ3) is 6.30. The first-order valence-corrected chi connectivity index (χ1v) is 7.13.